The van der Waals surface area contributed by atoms with E-state index in [2.05, 4.69) is 16.0 Å². The third-order valence-corrected chi connectivity index (χ3v) is 6.01. The van der Waals surface area contributed by atoms with Crippen LogP contribution in [-0.4, -0.2) is 94.6 Å². The Labute approximate surface area is 211 Å². The number of likely N-dealkylation sites (tertiary alicyclic amines) is 1. The first kappa shape index (κ1) is 31.3. The van der Waals surface area contributed by atoms with E-state index in [-0.39, 0.29) is 18.9 Å². The van der Waals surface area contributed by atoms with Gasteiger partial charge in [0.25, 0.3) is 0 Å². The van der Waals surface area contributed by atoms with E-state index in [9.17, 15) is 34.2 Å². The summed E-state index contributed by atoms with van der Waals surface area (Å²) in [6, 6.07) is -5.20. The average molecular weight is 515 g/mol. The number of nitrogens with zero attached hydrogens (tertiary/aromatic N) is 1. The number of nitrogens with two attached hydrogens (primary N) is 2. The maximum Gasteiger partial charge on any atom is 0.326 e. The molecule has 206 valence electrons. The van der Waals surface area contributed by atoms with Crippen molar-refractivity contribution in [3.05, 3.63) is 0 Å². The molecule has 36 heavy (non-hydrogen) atoms. The van der Waals surface area contributed by atoms with Crippen LogP contribution in [0.25, 0.3) is 0 Å². The van der Waals surface area contributed by atoms with Crippen LogP contribution in [0.15, 0.2) is 0 Å². The summed E-state index contributed by atoms with van der Waals surface area (Å²) in [5, 5.41) is 26.4. The highest BCUT2D eigenvalue weighted by atomic mass is 16.4. The number of aliphatic hydroxyl groups excluding tert-OH is 1. The number of carbonyl (C=O) groups excluding carboxylic acids is 4. The van der Waals surface area contributed by atoms with E-state index < -0.39 is 66.4 Å². The number of amides is 4. The van der Waals surface area contributed by atoms with Gasteiger partial charge in [0, 0.05) is 6.54 Å². The zero-order valence-corrected chi connectivity index (χ0v) is 21.4. The fraction of sp³-hybridized carbons (Fsp3) is 0.783. The topological polar surface area (TPSA) is 217 Å². The Morgan fingerprint density at radius 1 is 0.972 bits per heavy atom. The fourth-order valence-corrected chi connectivity index (χ4v) is 4.00. The van der Waals surface area contributed by atoms with Gasteiger partial charge in [-0.1, -0.05) is 13.8 Å². The SMILES string of the molecule is CC(C)C[C@H](N)C(=O)N[C@@H](CO)C(=O)N[C@@H](C)C(=O)N[C@@H](CCCCN)C(=O)N1CCC[C@H]1C(=O)O. The molecular formula is C23H42N6O7. The van der Waals surface area contributed by atoms with Crippen molar-refractivity contribution >= 4 is 29.6 Å². The van der Waals surface area contributed by atoms with Crippen molar-refractivity contribution in [3.8, 4) is 0 Å². The summed E-state index contributed by atoms with van der Waals surface area (Å²) in [7, 11) is 0. The van der Waals surface area contributed by atoms with Gasteiger partial charge in [-0.2, -0.15) is 0 Å². The molecular weight excluding hydrogens is 472 g/mol. The molecule has 0 aromatic rings. The zero-order chi connectivity index (χ0) is 27.4. The molecule has 1 fully saturated rings. The zero-order valence-electron chi connectivity index (χ0n) is 21.4. The first-order valence-electron chi connectivity index (χ1n) is 12.4. The van der Waals surface area contributed by atoms with Gasteiger partial charge < -0.3 is 42.5 Å². The lowest BCUT2D eigenvalue weighted by Crippen LogP contribution is -2.58. The van der Waals surface area contributed by atoms with Crippen LogP contribution in [-0.2, 0) is 24.0 Å². The largest absolute Gasteiger partial charge is 0.480 e. The van der Waals surface area contributed by atoms with E-state index in [1.807, 2.05) is 13.8 Å². The predicted octanol–water partition coefficient (Wildman–Crippen LogP) is -1.97. The molecule has 0 unspecified atom stereocenters. The normalized spacial score (nSPS) is 18.8. The van der Waals surface area contributed by atoms with Gasteiger partial charge in [-0.25, -0.2) is 4.79 Å². The smallest absolute Gasteiger partial charge is 0.326 e. The predicted molar refractivity (Wildman–Crippen MR) is 131 cm³/mol. The maximum atomic E-state index is 13.1. The van der Waals surface area contributed by atoms with Gasteiger partial charge >= 0.3 is 5.97 Å². The van der Waals surface area contributed by atoms with Crippen LogP contribution in [0.1, 0.15) is 59.3 Å². The Hall–Kier alpha value is -2.77. The van der Waals surface area contributed by atoms with Crippen molar-refractivity contribution in [2.24, 2.45) is 17.4 Å². The van der Waals surface area contributed by atoms with Crippen molar-refractivity contribution < 1.29 is 34.2 Å². The monoisotopic (exact) mass is 514 g/mol. The summed E-state index contributed by atoms with van der Waals surface area (Å²) >= 11 is 0. The van der Waals surface area contributed by atoms with E-state index in [0.717, 1.165) is 0 Å². The number of carboxylic acids is 1. The number of carbonyl (C=O) groups is 5. The van der Waals surface area contributed by atoms with Crippen LogP contribution in [0.2, 0.25) is 0 Å². The molecule has 1 heterocycles. The molecule has 1 saturated heterocycles. The van der Waals surface area contributed by atoms with Crippen LogP contribution in [0.3, 0.4) is 0 Å². The van der Waals surface area contributed by atoms with E-state index in [0.29, 0.717) is 38.6 Å². The number of carboxylic acid groups (broad SMARTS) is 1. The van der Waals surface area contributed by atoms with Crippen molar-refractivity contribution in [2.75, 3.05) is 19.7 Å². The summed E-state index contributed by atoms with van der Waals surface area (Å²) in [6.07, 6.45) is 2.69. The first-order chi connectivity index (χ1) is 16.9. The summed E-state index contributed by atoms with van der Waals surface area (Å²) in [6.45, 7) is 5.16. The molecule has 1 aliphatic rings. The second kappa shape index (κ2) is 15.4. The van der Waals surface area contributed by atoms with Gasteiger partial charge in [-0.15, -0.1) is 0 Å². The van der Waals surface area contributed by atoms with Gasteiger partial charge in [0.05, 0.1) is 12.6 Å². The van der Waals surface area contributed by atoms with Crippen LogP contribution >= 0.6 is 0 Å². The second-order valence-corrected chi connectivity index (χ2v) is 9.58. The fourth-order valence-electron chi connectivity index (χ4n) is 4.00. The Morgan fingerprint density at radius 3 is 2.17 bits per heavy atom. The highest BCUT2D eigenvalue weighted by Gasteiger charge is 2.38. The molecule has 4 amide bonds. The highest BCUT2D eigenvalue weighted by molar-refractivity contribution is 5.95. The molecule has 0 spiro atoms. The van der Waals surface area contributed by atoms with Gasteiger partial charge in [0.1, 0.15) is 24.2 Å². The van der Waals surface area contributed by atoms with E-state index in [1.165, 1.54) is 11.8 Å². The lowest BCUT2D eigenvalue weighted by molar-refractivity contribution is -0.149. The van der Waals surface area contributed by atoms with E-state index in [1.54, 1.807) is 0 Å². The molecule has 0 aromatic carbocycles. The maximum absolute atomic E-state index is 13.1. The Bertz CT molecular complexity index is 778. The van der Waals surface area contributed by atoms with Crippen LogP contribution in [0.5, 0.6) is 0 Å². The second-order valence-electron chi connectivity index (χ2n) is 9.58. The van der Waals surface area contributed by atoms with Crippen LogP contribution in [0.4, 0.5) is 0 Å². The lowest BCUT2D eigenvalue weighted by atomic mass is 10.0. The van der Waals surface area contributed by atoms with Gasteiger partial charge in [0.15, 0.2) is 0 Å². The lowest BCUT2D eigenvalue weighted by Gasteiger charge is -2.28. The third kappa shape index (κ3) is 9.70. The summed E-state index contributed by atoms with van der Waals surface area (Å²) in [5.74, 6) is -3.49. The van der Waals surface area contributed by atoms with Crippen molar-refractivity contribution in [2.45, 2.75) is 89.5 Å². The first-order valence-corrected chi connectivity index (χ1v) is 12.4. The quantitative estimate of drug-likeness (QED) is 0.120. The van der Waals surface area contributed by atoms with E-state index in [4.69, 9.17) is 11.5 Å². The molecule has 13 nitrogen and oxygen atoms in total. The highest BCUT2D eigenvalue weighted by Crippen LogP contribution is 2.20. The average Bonchev–Trinajstić information content (AvgIpc) is 3.31. The molecule has 1 rings (SSSR count). The Morgan fingerprint density at radius 2 is 1.61 bits per heavy atom. The van der Waals surface area contributed by atoms with E-state index >= 15 is 0 Å². The molecule has 9 N–H and O–H groups in total. The number of unbranched alkanes of at least 4 members (excludes halogenated alkanes) is 1. The Kier molecular flexibility index (Phi) is 13.3. The summed E-state index contributed by atoms with van der Waals surface area (Å²) in [5.41, 5.74) is 11.3. The van der Waals surface area contributed by atoms with Gasteiger partial charge in [-0.3, -0.25) is 19.2 Å². The molecule has 1 aliphatic heterocycles. The standard InChI is InChI=1S/C23H42N6O7/c1-13(2)11-15(25)20(32)28-17(12-30)21(33)26-14(3)19(31)27-16(7-4-5-9-24)22(34)29-10-6-8-18(29)23(35)36/h13-18,30H,4-12,24-25H2,1-3H3,(H,26,33)(H,27,31)(H,28,32)(H,35,36)/t14-,15-,16-,17-,18-/m0/s1. The van der Waals surface area contributed by atoms with Crippen molar-refractivity contribution in [1.82, 2.24) is 20.9 Å². The summed E-state index contributed by atoms with van der Waals surface area (Å²) in [4.78, 5) is 63.5. The van der Waals surface area contributed by atoms with Crippen molar-refractivity contribution in [3.63, 3.8) is 0 Å². The minimum atomic E-state index is -1.31. The third-order valence-electron chi connectivity index (χ3n) is 6.01. The number of aliphatic hydroxyl groups is 1. The molecule has 13 heteroatoms. The molecule has 0 saturated carbocycles. The minimum Gasteiger partial charge on any atom is -0.480 e. The molecule has 0 aliphatic carbocycles. The number of aliphatic carboxylic acids is 1. The van der Waals surface area contributed by atoms with Crippen LogP contribution in [0, 0.1) is 5.92 Å². The van der Waals surface area contributed by atoms with Crippen molar-refractivity contribution in [1.29, 1.82) is 0 Å². The molecule has 0 radical (unpaired) electrons. The number of rotatable bonds is 15. The molecule has 5 atom stereocenters. The summed E-state index contributed by atoms with van der Waals surface area (Å²) < 4.78 is 0. The molecule has 0 bridgehead atoms. The van der Waals surface area contributed by atoms with Gasteiger partial charge in [-0.05, 0) is 57.9 Å². The van der Waals surface area contributed by atoms with Crippen LogP contribution < -0.4 is 27.4 Å². The number of hydrogen-bond donors (Lipinski definition) is 7. The van der Waals surface area contributed by atoms with Gasteiger partial charge in [0.2, 0.25) is 23.6 Å². The molecule has 0 aromatic heterocycles. The Balaban J connectivity index is 2.80. The number of nitrogens with one attached hydrogen (secondary N) is 3. The number of hydrogen-bond acceptors (Lipinski definition) is 8. The minimum absolute atomic E-state index is 0.155.